The van der Waals surface area contributed by atoms with Crippen LogP contribution in [-0.2, 0) is 53.2 Å². The molecule has 346 valence electrons. The Bertz CT molecular complexity index is 2400. The molecule has 3 aromatic carbocycles. The maximum atomic E-state index is 14.1. The summed E-state index contributed by atoms with van der Waals surface area (Å²) >= 11 is 0. The van der Waals surface area contributed by atoms with Crippen LogP contribution >= 0.6 is 0 Å². The van der Waals surface area contributed by atoms with E-state index < -0.39 is 35.8 Å². The molecule has 3 atom stereocenters. The Morgan fingerprint density at radius 3 is 1.71 bits per heavy atom. The normalized spacial score (nSPS) is 20.1. The van der Waals surface area contributed by atoms with Gasteiger partial charge in [0.05, 0.1) is 0 Å². The number of imide groups is 3. The second kappa shape index (κ2) is 21.4. The minimum atomic E-state index is -0.664. The number of nitrogens with zero attached hydrogens (tertiary/aromatic N) is 3. The topological polar surface area (TPSA) is 199 Å². The highest BCUT2D eigenvalue weighted by atomic mass is 19.1. The van der Waals surface area contributed by atoms with Gasteiger partial charge >= 0.3 is 0 Å². The van der Waals surface area contributed by atoms with Gasteiger partial charge in [0, 0.05) is 50.0 Å². The fourth-order valence-electron chi connectivity index (χ4n) is 8.40. The maximum Gasteiger partial charge on any atom is 0.255 e. The van der Waals surface area contributed by atoms with E-state index in [9.17, 15) is 47.5 Å². The van der Waals surface area contributed by atoms with Gasteiger partial charge in [0.25, 0.3) is 11.8 Å². The zero-order chi connectivity index (χ0) is 47.9. The molecule has 0 radical (unpaired) electrons. The predicted octanol–water partition coefficient (Wildman–Crippen LogP) is 5.37. The lowest BCUT2D eigenvalue weighted by molar-refractivity contribution is -0.141. The van der Waals surface area contributed by atoms with Crippen molar-refractivity contribution >= 4 is 53.7 Å². The van der Waals surface area contributed by atoms with Crippen LogP contribution in [0.25, 0.3) is 0 Å². The first kappa shape index (κ1) is 49.4. The van der Waals surface area contributed by atoms with Crippen molar-refractivity contribution in [3.63, 3.8) is 0 Å². The first-order valence-corrected chi connectivity index (χ1v) is 22.2. The summed E-state index contributed by atoms with van der Waals surface area (Å²) in [6.07, 6.45) is 2.55. The Morgan fingerprint density at radius 2 is 1.20 bits per heavy atom. The van der Waals surface area contributed by atoms with E-state index in [-0.39, 0.29) is 67.2 Å². The monoisotopic (exact) mass is 894 g/mol. The number of benzene rings is 3. The second-order valence-corrected chi connectivity index (χ2v) is 17.2. The fraction of sp³-hybridized carbons (Fsp3) is 0.449. The van der Waals surface area contributed by atoms with Crippen LogP contribution < -0.4 is 16.0 Å². The Morgan fingerprint density at radius 1 is 0.677 bits per heavy atom. The van der Waals surface area contributed by atoms with Crippen LogP contribution in [0.15, 0.2) is 48.5 Å². The van der Waals surface area contributed by atoms with Crippen LogP contribution in [0.1, 0.15) is 152 Å². The van der Waals surface area contributed by atoms with Gasteiger partial charge in [-0.2, -0.15) is 0 Å². The Hall–Kier alpha value is -6.58. The van der Waals surface area contributed by atoms with Gasteiger partial charge in [0.2, 0.25) is 41.9 Å². The summed E-state index contributed by atoms with van der Waals surface area (Å²) in [5.41, 5.74) is 7.72. The van der Waals surface area contributed by atoms with Gasteiger partial charge in [0.15, 0.2) is 0 Å². The van der Waals surface area contributed by atoms with Crippen molar-refractivity contribution < 1.29 is 47.5 Å². The molecule has 3 unspecified atom stereocenters. The molecule has 8 rings (SSSR count). The summed E-state index contributed by atoms with van der Waals surface area (Å²) in [7, 11) is 0. The van der Waals surface area contributed by atoms with Crippen LogP contribution in [0.2, 0.25) is 0 Å². The SMILES string of the molecule is CC.CC(C)c1cc2c(cc1F)C(=O)N(C1CCC(=O)NC1=O)C2.CC(C)c1ccc2c(c1)CN(C1CCC(=O)NC1=O)C2=O.Cc1cccc(CN(C=O)C2CCC(=O)NC2=O)c1C. The molecular weight excluding hydrogens is 836 g/mol. The third kappa shape index (κ3) is 11.2. The van der Waals surface area contributed by atoms with Crippen LogP contribution in [0.4, 0.5) is 4.39 Å². The molecule has 0 saturated carbocycles. The zero-order valence-electron chi connectivity index (χ0n) is 38.3. The quantitative estimate of drug-likeness (QED) is 0.197. The summed E-state index contributed by atoms with van der Waals surface area (Å²) in [6, 6.07) is 13.0. The number of aryl methyl sites for hydroxylation is 1. The first-order valence-electron chi connectivity index (χ1n) is 22.2. The van der Waals surface area contributed by atoms with Crippen molar-refractivity contribution in [3.8, 4) is 0 Å². The minimum Gasteiger partial charge on any atom is -0.329 e. The molecule has 9 amide bonds. The number of rotatable bonds is 8. The van der Waals surface area contributed by atoms with Gasteiger partial charge in [-0.05, 0) is 96.0 Å². The van der Waals surface area contributed by atoms with E-state index in [0.717, 1.165) is 27.8 Å². The minimum absolute atomic E-state index is 0.0186. The average Bonchev–Trinajstić information content (AvgIpc) is 3.76. The van der Waals surface area contributed by atoms with Crippen molar-refractivity contribution in [1.29, 1.82) is 0 Å². The van der Waals surface area contributed by atoms with Crippen molar-refractivity contribution in [1.82, 2.24) is 30.7 Å². The molecule has 15 nitrogen and oxygen atoms in total. The Balaban J connectivity index is 0.000000180. The number of halogens is 1. The molecule has 3 N–H and O–H groups in total. The van der Waals surface area contributed by atoms with Crippen molar-refractivity contribution in [2.45, 2.75) is 144 Å². The molecule has 0 bridgehead atoms. The molecular formula is C49H59FN6O9. The van der Waals surface area contributed by atoms with E-state index >= 15 is 0 Å². The van der Waals surface area contributed by atoms with Gasteiger partial charge in [-0.25, -0.2) is 4.39 Å². The number of hydrogen-bond acceptors (Lipinski definition) is 9. The van der Waals surface area contributed by atoms with Gasteiger partial charge in [0.1, 0.15) is 23.9 Å². The lowest BCUT2D eigenvalue weighted by Crippen LogP contribution is -2.52. The lowest BCUT2D eigenvalue weighted by Gasteiger charge is -2.30. The molecule has 0 aromatic heterocycles. The highest BCUT2D eigenvalue weighted by molar-refractivity contribution is 6.06. The van der Waals surface area contributed by atoms with Crippen molar-refractivity contribution in [2.24, 2.45) is 0 Å². The van der Waals surface area contributed by atoms with Crippen molar-refractivity contribution in [2.75, 3.05) is 0 Å². The summed E-state index contributed by atoms with van der Waals surface area (Å²) in [6.45, 7) is 17.1. The molecule has 5 heterocycles. The van der Waals surface area contributed by atoms with Crippen LogP contribution in [-0.4, -0.2) is 86.5 Å². The lowest BCUT2D eigenvalue weighted by atomic mass is 9.98. The Labute approximate surface area is 378 Å². The van der Waals surface area contributed by atoms with E-state index in [4.69, 9.17) is 0 Å². The summed E-state index contributed by atoms with van der Waals surface area (Å²) < 4.78 is 14.1. The van der Waals surface area contributed by atoms with E-state index in [1.54, 1.807) is 11.0 Å². The molecule has 16 heteroatoms. The third-order valence-corrected chi connectivity index (χ3v) is 12.3. The molecule has 3 saturated heterocycles. The summed E-state index contributed by atoms with van der Waals surface area (Å²) in [4.78, 5) is 110. The van der Waals surface area contributed by atoms with Gasteiger partial charge in [-0.3, -0.25) is 59.1 Å². The predicted molar refractivity (Wildman–Crippen MR) is 238 cm³/mol. The molecule has 0 aliphatic carbocycles. The van der Waals surface area contributed by atoms with Gasteiger partial charge in [-0.1, -0.05) is 77.9 Å². The fourth-order valence-corrected chi connectivity index (χ4v) is 8.40. The number of piperidine rings is 3. The van der Waals surface area contributed by atoms with Gasteiger partial charge < -0.3 is 14.7 Å². The largest absolute Gasteiger partial charge is 0.329 e. The van der Waals surface area contributed by atoms with E-state index in [1.165, 1.54) is 21.4 Å². The molecule has 5 aliphatic heterocycles. The number of hydrogen-bond donors (Lipinski definition) is 3. The molecule has 65 heavy (non-hydrogen) atoms. The van der Waals surface area contributed by atoms with Crippen LogP contribution in [0.3, 0.4) is 0 Å². The van der Waals surface area contributed by atoms with Crippen molar-refractivity contribution in [3.05, 3.63) is 104 Å². The van der Waals surface area contributed by atoms with E-state index in [1.807, 2.05) is 77.9 Å². The van der Waals surface area contributed by atoms with Gasteiger partial charge in [-0.15, -0.1) is 0 Å². The standard InChI is InChI=1S/C16H17FN2O3.C16H18N2O3.C15H18N2O3.C2H6/c1-8(2)10-5-9-7-19(16(22)11(9)6-12(10)17)13-3-4-14(20)18-15(13)21;1-9(2)10-3-4-12-11(7-10)8-18(16(12)21)13-5-6-14(19)17-15(13)20;1-10-4-3-5-12(11(10)2)8-17(9-18)13-6-7-14(19)16-15(13)20;1-2/h5-6,8,13H,3-4,7H2,1-2H3,(H,18,20,21);3-4,7,9,13H,5-6,8H2,1-2H3,(H,17,19,20);3-5,9,13H,6-8H2,1-2H3,(H,16,19,20);1-2H3. The smallest absolute Gasteiger partial charge is 0.255 e. The molecule has 3 aromatic rings. The number of carbonyl (C=O) groups is 9. The highest BCUT2D eigenvalue weighted by Gasteiger charge is 2.41. The van der Waals surface area contributed by atoms with Crippen LogP contribution in [0.5, 0.6) is 0 Å². The molecule has 3 fully saturated rings. The highest BCUT2D eigenvalue weighted by Crippen LogP contribution is 2.32. The summed E-state index contributed by atoms with van der Waals surface area (Å²) in [5.74, 6) is -2.51. The zero-order valence-corrected chi connectivity index (χ0v) is 38.3. The second-order valence-electron chi connectivity index (χ2n) is 17.2. The number of amides is 9. The van der Waals surface area contributed by atoms with Crippen LogP contribution in [0, 0.1) is 19.7 Å². The Kier molecular flexibility index (Phi) is 16.3. The number of fused-ring (bicyclic) bond motifs is 2. The molecule has 0 spiro atoms. The van der Waals surface area contributed by atoms with E-state index in [0.29, 0.717) is 61.4 Å². The third-order valence-electron chi connectivity index (χ3n) is 12.3. The maximum absolute atomic E-state index is 14.1. The average molecular weight is 895 g/mol. The number of carbonyl (C=O) groups excluding carboxylic acids is 9. The summed E-state index contributed by atoms with van der Waals surface area (Å²) in [5, 5.41) is 6.84. The first-order chi connectivity index (χ1) is 30.9. The number of nitrogens with one attached hydrogen (secondary N) is 3. The molecule has 5 aliphatic rings. The van der Waals surface area contributed by atoms with E-state index in [2.05, 4.69) is 29.8 Å².